The molecule has 13 heteroatoms. The van der Waals surface area contributed by atoms with Crippen LogP contribution in [-0.2, 0) is 19.2 Å². The fourth-order valence-electron chi connectivity index (χ4n) is 3.95. The van der Waals surface area contributed by atoms with E-state index in [0.717, 1.165) is 10.3 Å². The largest absolute Gasteiger partial charge is 0.481 e. The number of hydrogen-bond acceptors (Lipinski definition) is 7. The average molecular weight is 498 g/mol. The molecule has 2 aromatic rings. The Morgan fingerprint density at radius 3 is 2.56 bits per heavy atom. The predicted octanol–water partition coefficient (Wildman–Crippen LogP) is -0.897. The summed E-state index contributed by atoms with van der Waals surface area (Å²) < 4.78 is 0. The van der Waals surface area contributed by atoms with Crippen molar-refractivity contribution < 1.29 is 33.9 Å². The van der Waals surface area contributed by atoms with E-state index in [4.69, 9.17) is 10.8 Å². The first-order valence-corrected chi connectivity index (χ1v) is 11.1. The van der Waals surface area contributed by atoms with Crippen LogP contribution in [0.15, 0.2) is 36.5 Å². The number of hydrogen-bond donors (Lipinski definition) is 4. The lowest BCUT2D eigenvalue weighted by molar-refractivity contribution is -0.145. The second-order valence-corrected chi connectivity index (χ2v) is 8.26. The molecule has 0 spiro atoms. The highest BCUT2D eigenvalue weighted by Crippen LogP contribution is 2.17. The van der Waals surface area contributed by atoms with Gasteiger partial charge in [-0.25, -0.2) is 4.79 Å². The quantitative estimate of drug-likeness (QED) is 0.336. The minimum Gasteiger partial charge on any atom is -0.481 e. The summed E-state index contributed by atoms with van der Waals surface area (Å²) in [6, 6.07) is 4.41. The number of primary amides is 1. The van der Waals surface area contributed by atoms with Crippen molar-refractivity contribution >= 4 is 46.8 Å². The summed E-state index contributed by atoms with van der Waals surface area (Å²) in [7, 11) is 0. The van der Waals surface area contributed by atoms with E-state index in [9.17, 15) is 28.8 Å². The molecule has 13 nitrogen and oxygen atoms in total. The summed E-state index contributed by atoms with van der Waals surface area (Å²) in [4.78, 5) is 79.4. The standard InChI is InChI=1S/C23H26N6O7/c1-13(26-21(34)19-16-5-3-2-4-14(16)6-7-25-19)22(35)29-9-8-28(23(24)36)11-17(29)20(33)27-15(12-30)10-18(31)32/h2-7,12-13,15,17H,8-11H2,1H3,(H2,24,36)(H,26,34)(H,27,33)(H,31,32)/t13-,15?,17-/m0/s1. The first-order chi connectivity index (χ1) is 17.1. The minimum atomic E-state index is -1.33. The monoisotopic (exact) mass is 498 g/mol. The lowest BCUT2D eigenvalue weighted by Gasteiger charge is -2.41. The van der Waals surface area contributed by atoms with Gasteiger partial charge in [0.25, 0.3) is 5.91 Å². The number of rotatable bonds is 8. The van der Waals surface area contributed by atoms with Crippen molar-refractivity contribution in [2.45, 2.75) is 31.5 Å². The number of carbonyl (C=O) groups is 6. The Kier molecular flexibility index (Phi) is 8.14. The molecule has 3 rings (SSSR count). The van der Waals surface area contributed by atoms with E-state index in [1.54, 1.807) is 18.2 Å². The molecule has 1 aliphatic rings. The molecule has 0 saturated carbocycles. The van der Waals surface area contributed by atoms with Crippen LogP contribution in [0.5, 0.6) is 0 Å². The molecule has 1 aliphatic heterocycles. The Labute approximate surface area is 205 Å². The van der Waals surface area contributed by atoms with E-state index in [1.165, 1.54) is 18.0 Å². The molecule has 190 valence electrons. The summed E-state index contributed by atoms with van der Waals surface area (Å²) in [6.07, 6.45) is 1.10. The van der Waals surface area contributed by atoms with Gasteiger partial charge in [-0.15, -0.1) is 0 Å². The number of carboxylic acids is 1. The summed E-state index contributed by atoms with van der Waals surface area (Å²) in [5, 5.41) is 15.2. The molecule has 0 bridgehead atoms. The summed E-state index contributed by atoms with van der Waals surface area (Å²) in [5.41, 5.74) is 5.46. The number of urea groups is 1. The Balaban J connectivity index is 1.78. The Morgan fingerprint density at radius 2 is 1.89 bits per heavy atom. The minimum absolute atomic E-state index is 0.0443. The van der Waals surface area contributed by atoms with Gasteiger partial charge >= 0.3 is 12.0 Å². The van der Waals surface area contributed by atoms with Crippen LogP contribution in [0.4, 0.5) is 4.79 Å². The Bertz CT molecular complexity index is 1200. The molecule has 2 heterocycles. The first kappa shape index (κ1) is 26.1. The zero-order valence-electron chi connectivity index (χ0n) is 19.4. The summed E-state index contributed by atoms with van der Waals surface area (Å²) in [6.45, 7) is 1.15. The lowest BCUT2D eigenvalue weighted by Crippen LogP contribution is -2.65. The van der Waals surface area contributed by atoms with Gasteiger partial charge < -0.3 is 36.1 Å². The molecule has 1 unspecified atom stereocenters. The van der Waals surface area contributed by atoms with Crippen LogP contribution in [0.2, 0.25) is 0 Å². The Hall–Kier alpha value is -4.55. The molecule has 5 N–H and O–H groups in total. The number of aliphatic carboxylic acids is 1. The fourth-order valence-corrected chi connectivity index (χ4v) is 3.95. The average Bonchev–Trinajstić information content (AvgIpc) is 2.86. The molecule has 5 amide bonds. The lowest BCUT2D eigenvalue weighted by atomic mass is 10.1. The van der Waals surface area contributed by atoms with Crippen molar-refractivity contribution in [3.05, 3.63) is 42.2 Å². The van der Waals surface area contributed by atoms with E-state index in [2.05, 4.69) is 15.6 Å². The zero-order valence-corrected chi connectivity index (χ0v) is 19.4. The van der Waals surface area contributed by atoms with Gasteiger partial charge in [0.05, 0.1) is 19.0 Å². The van der Waals surface area contributed by atoms with Crippen molar-refractivity contribution in [2.75, 3.05) is 19.6 Å². The molecule has 3 atom stereocenters. The fraction of sp³-hybridized carbons (Fsp3) is 0.348. The third kappa shape index (κ3) is 5.92. The molecule has 0 aliphatic carbocycles. The predicted molar refractivity (Wildman–Crippen MR) is 126 cm³/mol. The molecular weight excluding hydrogens is 472 g/mol. The molecule has 1 aromatic heterocycles. The van der Waals surface area contributed by atoms with Crippen LogP contribution in [0.3, 0.4) is 0 Å². The summed E-state index contributed by atoms with van der Waals surface area (Å²) >= 11 is 0. The van der Waals surface area contributed by atoms with Crippen LogP contribution in [-0.4, -0.2) is 93.7 Å². The van der Waals surface area contributed by atoms with Crippen molar-refractivity contribution in [3.63, 3.8) is 0 Å². The molecule has 1 saturated heterocycles. The number of nitrogens with zero attached hydrogens (tertiary/aromatic N) is 3. The second kappa shape index (κ2) is 11.3. The molecule has 1 aromatic carbocycles. The van der Waals surface area contributed by atoms with E-state index >= 15 is 0 Å². The van der Waals surface area contributed by atoms with E-state index in [-0.39, 0.29) is 31.6 Å². The maximum Gasteiger partial charge on any atom is 0.314 e. The van der Waals surface area contributed by atoms with Gasteiger partial charge in [-0.1, -0.05) is 24.3 Å². The van der Waals surface area contributed by atoms with Crippen LogP contribution in [0.25, 0.3) is 10.8 Å². The molecule has 36 heavy (non-hydrogen) atoms. The highest BCUT2D eigenvalue weighted by atomic mass is 16.4. The first-order valence-electron chi connectivity index (χ1n) is 11.1. The van der Waals surface area contributed by atoms with Gasteiger partial charge in [-0.3, -0.25) is 24.2 Å². The number of carbonyl (C=O) groups excluding carboxylic acids is 5. The van der Waals surface area contributed by atoms with Gasteiger partial charge in [0.2, 0.25) is 11.8 Å². The van der Waals surface area contributed by atoms with Crippen LogP contribution >= 0.6 is 0 Å². The molecular formula is C23H26N6O7. The number of nitrogens with two attached hydrogens (primary N) is 1. The van der Waals surface area contributed by atoms with Crippen molar-refractivity contribution in [2.24, 2.45) is 5.73 Å². The van der Waals surface area contributed by atoms with Crippen molar-refractivity contribution in [1.82, 2.24) is 25.4 Å². The maximum atomic E-state index is 13.3. The zero-order chi connectivity index (χ0) is 26.4. The molecule has 0 radical (unpaired) electrons. The van der Waals surface area contributed by atoms with Crippen LogP contribution in [0, 0.1) is 0 Å². The van der Waals surface area contributed by atoms with E-state index in [1.807, 2.05) is 12.1 Å². The number of piperazine rings is 1. The van der Waals surface area contributed by atoms with Gasteiger partial charge in [0.15, 0.2) is 0 Å². The normalized spacial score (nSPS) is 17.1. The second-order valence-electron chi connectivity index (χ2n) is 8.26. The van der Waals surface area contributed by atoms with Crippen molar-refractivity contribution in [3.8, 4) is 0 Å². The number of carboxylic acid groups (broad SMARTS) is 1. The number of aldehydes is 1. The van der Waals surface area contributed by atoms with Crippen molar-refractivity contribution in [1.29, 1.82) is 0 Å². The number of pyridine rings is 1. The third-order valence-electron chi connectivity index (χ3n) is 5.77. The number of amides is 5. The van der Waals surface area contributed by atoms with E-state index < -0.39 is 54.3 Å². The highest BCUT2D eigenvalue weighted by Gasteiger charge is 2.39. The summed E-state index contributed by atoms with van der Waals surface area (Å²) in [5.74, 6) is -3.34. The molecule has 1 fully saturated rings. The third-order valence-corrected chi connectivity index (χ3v) is 5.77. The highest BCUT2D eigenvalue weighted by molar-refractivity contribution is 6.06. The van der Waals surface area contributed by atoms with Crippen LogP contribution in [0.1, 0.15) is 23.8 Å². The van der Waals surface area contributed by atoms with Crippen LogP contribution < -0.4 is 16.4 Å². The Morgan fingerprint density at radius 1 is 1.17 bits per heavy atom. The van der Waals surface area contributed by atoms with Gasteiger partial charge in [0.1, 0.15) is 24.1 Å². The topological polar surface area (TPSA) is 192 Å². The van der Waals surface area contributed by atoms with Gasteiger partial charge in [-0.05, 0) is 18.4 Å². The smallest absolute Gasteiger partial charge is 0.314 e. The maximum absolute atomic E-state index is 13.3. The van der Waals surface area contributed by atoms with E-state index in [0.29, 0.717) is 5.39 Å². The number of fused-ring (bicyclic) bond motifs is 1. The van der Waals surface area contributed by atoms with Gasteiger partial charge in [-0.2, -0.15) is 0 Å². The number of aromatic nitrogens is 1. The SMILES string of the molecule is C[C@H](NC(=O)c1nccc2ccccc12)C(=O)N1CCN(C(N)=O)C[C@H]1C(=O)NC(C=O)CC(=O)O. The number of benzene rings is 1. The number of nitrogens with one attached hydrogen (secondary N) is 2. The van der Waals surface area contributed by atoms with Gasteiger partial charge in [0, 0.05) is 24.7 Å².